The Kier molecular flexibility index (Phi) is 5.17. The van der Waals surface area contributed by atoms with Gasteiger partial charge in [-0.3, -0.25) is 0 Å². The Morgan fingerprint density at radius 2 is 0.705 bits per heavy atom. The molecule has 0 fully saturated rings. The Morgan fingerprint density at radius 1 is 0.318 bits per heavy atom. The van der Waals surface area contributed by atoms with Crippen molar-refractivity contribution >= 4 is 111 Å². The van der Waals surface area contributed by atoms with Crippen LogP contribution in [0, 0.1) is 0 Å². The highest BCUT2D eigenvalue weighted by atomic mass is 35.5. The van der Waals surface area contributed by atoms with Crippen LogP contribution in [-0.4, -0.2) is 0 Å². The lowest BCUT2D eigenvalue weighted by molar-refractivity contribution is 1.02. The molecule has 9 aromatic carbocycles. The van der Waals surface area contributed by atoms with Crippen LogP contribution in [0.3, 0.4) is 0 Å². The highest BCUT2D eigenvalue weighted by Crippen LogP contribution is 2.59. The number of aryl methyl sites for hydroxylation is 2. The van der Waals surface area contributed by atoms with Crippen molar-refractivity contribution in [3.05, 3.63) is 128 Å². The van der Waals surface area contributed by atoms with Crippen LogP contribution in [-0.2, 0) is 12.8 Å². The fraction of sp³-hybridized carbons (Fsp3) is 0.0500. The highest BCUT2D eigenvalue weighted by Gasteiger charge is 2.31. The first-order valence-corrected chi connectivity index (χ1v) is 16.3. The summed E-state index contributed by atoms with van der Waals surface area (Å²) in [6.45, 7) is 0. The van der Waals surface area contributed by atoms with Crippen LogP contribution in [0.25, 0.3) is 86.9 Å². The molecule has 44 heavy (non-hydrogen) atoms. The second-order valence-corrected chi connectivity index (χ2v) is 13.6. The maximum atomic E-state index is 7.14. The third-order valence-corrected chi connectivity index (χ3v) is 11.2. The van der Waals surface area contributed by atoms with Crippen molar-refractivity contribution in [2.75, 3.05) is 0 Å². The molecule has 0 aliphatic heterocycles. The second kappa shape index (κ2) is 8.90. The van der Waals surface area contributed by atoms with Crippen molar-refractivity contribution in [3.8, 4) is 22.3 Å². The molecule has 0 nitrogen and oxygen atoms in total. The fourth-order valence-electron chi connectivity index (χ4n) is 8.30. The number of fused-ring (bicyclic) bond motifs is 6. The molecule has 0 spiro atoms. The van der Waals surface area contributed by atoms with Gasteiger partial charge in [-0.2, -0.15) is 0 Å². The molecule has 0 saturated heterocycles. The van der Waals surface area contributed by atoms with Gasteiger partial charge in [0.25, 0.3) is 0 Å². The average Bonchev–Trinajstić information content (AvgIpc) is 3.69. The van der Waals surface area contributed by atoms with Crippen molar-refractivity contribution in [2.45, 2.75) is 12.8 Å². The third kappa shape index (κ3) is 3.07. The molecule has 0 bridgehead atoms. The minimum Gasteiger partial charge on any atom is -0.0836 e. The molecular weight excluding hydrogens is 622 g/mol. The number of halogens is 4. The Balaban J connectivity index is 1.64. The Labute approximate surface area is 273 Å². The van der Waals surface area contributed by atoms with E-state index in [2.05, 4.69) is 60.7 Å². The smallest absolute Gasteiger partial charge is 0.0499 e. The second-order valence-electron chi connectivity index (χ2n) is 11.9. The lowest BCUT2D eigenvalue weighted by atomic mass is 9.87. The van der Waals surface area contributed by atoms with E-state index in [0.29, 0.717) is 20.1 Å². The van der Waals surface area contributed by atoms with Crippen LogP contribution < -0.4 is 0 Å². The molecule has 9 aromatic rings. The molecule has 1 aliphatic rings. The molecule has 10 rings (SSSR count). The first-order valence-electron chi connectivity index (χ1n) is 14.8. The van der Waals surface area contributed by atoms with Crippen LogP contribution in [0.15, 0.2) is 97.1 Å². The summed E-state index contributed by atoms with van der Waals surface area (Å²) in [5, 5.41) is 16.9. The fourth-order valence-corrected chi connectivity index (χ4v) is 9.48. The topological polar surface area (TPSA) is 0 Å². The summed E-state index contributed by atoms with van der Waals surface area (Å²) < 4.78 is 0. The van der Waals surface area contributed by atoms with E-state index < -0.39 is 0 Å². The van der Waals surface area contributed by atoms with Crippen molar-refractivity contribution < 1.29 is 0 Å². The number of hydrogen-bond donors (Lipinski definition) is 0. The largest absolute Gasteiger partial charge is 0.0836 e. The normalized spacial score (nSPS) is 13.3. The first kappa shape index (κ1) is 25.5. The molecule has 0 aromatic heterocycles. The van der Waals surface area contributed by atoms with Gasteiger partial charge in [0.2, 0.25) is 0 Å². The quantitative estimate of drug-likeness (QED) is 0.176. The monoisotopic (exact) mass is 640 g/mol. The molecule has 0 radical (unpaired) electrons. The Hall–Kier alpha value is -3.78. The van der Waals surface area contributed by atoms with Crippen molar-refractivity contribution in [1.82, 2.24) is 0 Å². The van der Waals surface area contributed by atoms with E-state index in [1.807, 2.05) is 36.4 Å². The molecule has 0 saturated carbocycles. The van der Waals surface area contributed by atoms with E-state index in [1.54, 1.807) is 0 Å². The van der Waals surface area contributed by atoms with Gasteiger partial charge in [-0.05, 0) is 113 Å². The van der Waals surface area contributed by atoms with Crippen LogP contribution >= 0.6 is 46.4 Å². The van der Waals surface area contributed by atoms with Gasteiger partial charge in [0.1, 0.15) is 0 Å². The summed E-state index contributed by atoms with van der Waals surface area (Å²) in [7, 11) is 0. The van der Waals surface area contributed by atoms with E-state index in [1.165, 1.54) is 54.2 Å². The minimum absolute atomic E-state index is 0.627. The van der Waals surface area contributed by atoms with E-state index in [4.69, 9.17) is 46.4 Å². The van der Waals surface area contributed by atoms with E-state index >= 15 is 0 Å². The van der Waals surface area contributed by atoms with Crippen LogP contribution in [0.4, 0.5) is 0 Å². The molecule has 0 N–H and O–H groups in total. The van der Waals surface area contributed by atoms with Crippen LogP contribution in [0.1, 0.15) is 11.1 Å². The minimum atomic E-state index is 0.627. The van der Waals surface area contributed by atoms with E-state index in [0.717, 1.165) is 56.6 Å². The molecule has 0 unspecified atom stereocenters. The summed E-state index contributed by atoms with van der Waals surface area (Å²) in [5.41, 5.74) is 6.64. The summed E-state index contributed by atoms with van der Waals surface area (Å²) >= 11 is 28.5. The van der Waals surface area contributed by atoms with Gasteiger partial charge >= 0.3 is 0 Å². The molecular formula is C40H20Cl4. The lowest BCUT2D eigenvalue weighted by Gasteiger charge is -2.18. The van der Waals surface area contributed by atoms with Crippen molar-refractivity contribution in [1.29, 1.82) is 0 Å². The van der Waals surface area contributed by atoms with Gasteiger partial charge in [0, 0.05) is 42.3 Å². The van der Waals surface area contributed by atoms with Crippen molar-refractivity contribution in [3.63, 3.8) is 0 Å². The van der Waals surface area contributed by atoms with Gasteiger partial charge in [-0.1, -0.05) is 119 Å². The zero-order valence-electron chi connectivity index (χ0n) is 23.2. The molecule has 208 valence electrons. The summed E-state index contributed by atoms with van der Waals surface area (Å²) in [5.74, 6) is 0. The SMILES string of the molecule is Clc1cccc(Cl)c1-c1c2c3cccc4cccc(c2c(-c2c(Cl)cccc2Cl)c2c5ccc6c7c(ccc(c12)c75)CC6)c43. The van der Waals surface area contributed by atoms with Crippen molar-refractivity contribution in [2.24, 2.45) is 0 Å². The number of benzene rings is 7. The van der Waals surface area contributed by atoms with Gasteiger partial charge in [-0.25, -0.2) is 0 Å². The standard InChI is InChI=1S/C40H20Cl4/c41-26-9-3-10-27(42)37(26)39-33-22-7-1-5-19-6-2-8-23(31(19)22)34(33)40(38-28(43)11-4-12-29(38)44)36-25-18-16-21-14-13-20-15-17-24(35(36)39)32(25)30(20)21/h1-12,15-18H,13-14H2. The van der Waals surface area contributed by atoms with Gasteiger partial charge in [0.15, 0.2) is 0 Å². The Morgan fingerprint density at radius 3 is 1.14 bits per heavy atom. The summed E-state index contributed by atoms with van der Waals surface area (Å²) in [6.07, 6.45) is 2.12. The van der Waals surface area contributed by atoms with Gasteiger partial charge in [-0.15, -0.1) is 0 Å². The summed E-state index contributed by atoms with van der Waals surface area (Å²) in [6, 6.07) is 33.9. The summed E-state index contributed by atoms with van der Waals surface area (Å²) in [4.78, 5) is 0. The molecule has 0 amide bonds. The molecule has 0 heterocycles. The molecule has 1 aliphatic carbocycles. The third-order valence-electron chi connectivity index (χ3n) is 9.90. The zero-order valence-corrected chi connectivity index (χ0v) is 26.2. The Bertz CT molecular complexity index is 2480. The predicted octanol–water partition coefficient (Wildman–Crippen LogP) is 13.5. The number of hydrogen-bond acceptors (Lipinski definition) is 0. The van der Waals surface area contributed by atoms with E-state index in [9.17, 15) is 0 Å². The van der Waals surface area contributed by atoms with Crippen LogP contribution in [0.5, 0.6) is 0 Å². The van der Waals surface area contributed by atoms with Gasteiger partial charge in [0.05, 0.1) is 0 Å². The first-order chi connectivity index (χ1) is 21.5. The highest BCUT2D eigenvalue weighted by molar-refractivity contribution is 6.51. The lowest BCUT2D eigenvalue weighted by Crippen LogP contribution is -1.91. The maximum absolute atomic E-state index is 7.14. The molecule has 4 heteroatoms. The van der Waals surface area contributed by atoms with Gasteiger partial charge < -0.3 is 0 Å². The van der Waals surface area contributed by atoms with Crippen LogP contribution in [0.2, 0.25) is 20.1 Å². The number of rotatable bonds is 2. The predicted molar refractivity (Wildman–Crippen MR) is 192 cm³/mol. The maximum Gasteiger partial charge on any atom is 0.0499 e. The molecule has 0 atom stereocenters. The zero-order chi connectivity index (χ0) is 29.4. The van der Waals surface area contributed by atoms with E-state index in [-0.39, 0.29) is 0 Å². The average molecular weight is 642 g/mol.